The number of aryl methyl sites for hydroxylation is 1. The molecule has 1 aromatic carbocycles. The third-order valence-corrected chi connectivity index (χ3v) is 4.88. The van der Waals surface area contributed by atoms with Gasteiger partial charge in [-0.3, -0.25) is 4.57 Å². The van der Waals surface area contributed by atoms with Crippen LogP contribution in [-0.2, 0) is 7.05 Å². The second-order valence-electron chi connectivity index (χ2n) is 6.95. The zero-order chi connectivity index (χ0) is 18.8. The fraction of sp³-hybridized carbons (Fsp3) is 0.500. The quantitative estimate of drug-likeness (QED) is 0.892. The molecule has 8 heteroatoms. The minimum absolute atomic E-state index is 0.0295. The van der Waals surface area contributed by atoms with E-state index < -0.39 is 0 Å². The topological polar surface area (TPSA) is 72.2 Å². The van der Waals surface area contributed by atoms with Crippen molar-refractivity contribution >= 4 is 23.3 Å². The Labute approximate surface area is 157 Å². The molecular weight excluding hydrogens is 354 g/mol. The smallest absolute Gasteiger partial charge is 0.324 e. The van der Waals surface area contributed by atoms with Crippen LogP contribution in [0.15, 0.2) is 29.1 Å². The predicted octanol–water partition coefficient (Wildman–Crippen LogP) is 3.23. The summed E-state index contributed by atoms with van der Waals surface area (Å²) in [5.74, 6) is 0.804. The summed E-state index contributed by atoms with van der Waals surface area (Å²) in [5, 5.41) is 7.90. The lowest BCUT2D eigenvalue weighted by molar-refractivity contribution is 0.190. The highest BCUT2D eigenvalue weighted by Crippen LogP contribution is 2.27. The van der Waals surface area contributed by atoms with Gasteiger partial charge in [-0.2, -0.15) is 5.10 Å². The number of benzene rings is 1. The van der Waals surface area contributed by atoms with Crippen molar-refractivity contribution in [2.75, 3.05) is 18.4 Å². The molecule has 1 aliphatic rings. The van der Waals surface area contributed by atoms with Crippen LogP contribution in [0.5, 0.6) is 0 Å². The number of rotatable bonds is 3. The summed E-state index contributed by atoms with van der Waals surface area (Å²) in [6, 6.07) is 6.96. The monoisotopic (exact) mass is 377 g/mol. The molecule has 26 heavy (non-hydrogen) atoms. The van der Waals surface area contributed by atoms with Crippen LogP contribution >= 0.6 is 11.6 Å². The minimum atomic E-state index is -0.161. The molecule has 0 aliphatic carbocycles. The number of hydrogen-bond acceptors (Lipinski definition) is 3. The summed E-state index contributed by atoms with van der Waals surface area (Å²) >= 11 is 5.97. The van der Waals surface area contributed by atoms with E-state index in [1.165, 1.54) is 4.68 Å². The minimum Gasteiger partial charge on any atom is -0.324 e. The van der Waals surface area contributed by atoms with Gasteiger partial charge in [0.1, 0.15) is 5.82 Å². The van der Waals surface area contributed by atoms with Crippen LogP contribution in [-0.4, -0.2) is 38.4 Å². The van der Waals surface area contributed by atoms with E-state index in [0.717, 1.165) is 18.7 Å². The summed E-state index contributed by atoms with van der Waals surface area (Å²) in [6.07, 6.45) is 1.78. The van der Waals surface area contributed by atoms with Gasteiger partial charge in [0.15, 0.2) is 0 Å². The molecule has 140 valence electrons. The SMILES string of the molecule is CC(C)n1c(C2CCCN(C(=O)Nc3cccc(Cl)c3)C2)nn(C)c1=O. The van der Waals surface area contributed by atoms with Crippen molar-refractivity contribution in [1.29, 1.82) is 0 Å². The summed E-state index contributed by atoms with van der Waals surface area (Å²) in [6.45, 7) is 5.16. The molecule has 1 saturated heterocycles. The molecule has 1 atom stereocenters. The molecule has 1 aromatic heterocycles. The average Bonchev–Trinajstić information content (AvgIpc) is 2.90. The molecule has 7 nitrogen and oxygen atoms in total. The fourth-order valence-corrected chi connectivity index (χ4v) is 3.59. The number of carbonyl (C=O) groups is 1. The highest BCUT2D eigenvalue weighted by atomic mass is 35.5. The molecule has 2 amide bonds. The molecule has 2 aromatic rings. The van der Waals surface area contributed by atoms with E-state index in [9.17, 15) is 9.59 Å². The molecule has 1 aliphatic heterocycles. The zero-order valence-corrected chi connectivity index (χ0v) is 16.0. The lowest BCUT2D eigenvalue weighted by Crippen LogP contribution is -2.42. The van der Waals surface area contributed by atoms with Gasteiger partial charge in [0.25, 0.3) is 0 Å². The average molecular weight is 378 g/mol. The first-order valence-electron chi connectivity index (χ1n) is 8.83. The Kier molecular flexibility index (Phi) is 5.36. The molecule has 3 rings (SSSR count). The first-order valence-corrected chi connectivity index (χ1v) is 9.21. The van der Waals surface area contributed by atoms with Crippen molar-refractivity contribution in [3.8, 4) is 0 Å². The van der Waals surface area contributed by atoms with Crippen LogP contribution in [0.2, 0.25) is 5.02 Å². The van der Waals surface area contributed by atoms with Gasteiger partial charge in [-0.15, -0.1) is 0 Å². The van der Waals surface area contributed by atoms with Crippen molar-refractivity contribution in [3.63, 3.8) is 0 Å². The van der Waals surface area contributed by atoms with Crippen molar-refractivity contribution in [1.82, 2.24) is 19.2 Å². The van der Waals surface area contributed by atoms with Crippen LogP contribution in [0.25, 0.3) is 0 Å². The summed E-state index contributed by atoms with van der Waals surface area (Å²) in [7, 11) is 1.66. The lowest BCUT2D eigenvalue weighted by atomic mass is 9.97. The third-order valence-electron chi connectivity index (χ3n) is 4.65. The van der Waals surface area contributed by atoms with Crippen LogP contribution in [0.4, 0.5) is 10.5 Å². The Morgan fingerprint density at radius 3 is 2.85 bits per heavy atom. The largest absolute Gasteiger partial charge is 0.345 e. The van der Waals surface area contributed by atoms with Gasteiger partial charge in [0.2, 0.25) is 0 Å². The number of halogens is 1. The molecule has 0 saturated carbocycles. The maximum Gasteiger partial charge on any atom is 0.345 e. The summed E-state index contributed by atoms with van der Waals surface area (Å²) < 4.78 is 3.10. The van der Waals surface area contributed by atoms with E-state index in [4.69, 9.17) is 11.6 Å². The maximum atomic E-state index is 12.6. The van der Waals surface area contributed by atoms with E-state index >= 15 is 0 Å². The molecule has 0 spiro atoms. The van der Waals surface area contributed by atoms with Crippen molar-refractivity contribution in [2.45, 2.75) is 38.6 Å². The van der Waals surface area contributed by atoms with Crippen LogP contribution < -0.4 is 11.0 Å². The van der Waals surface area contributed by atoms with Gasteiger partial charge < -0.3 is 10.2 Å². The predicted molar refractivity (Wildman–Crippen MR) is 102 cm³/mol. The number of hydrogen-bond donors (Lipinski definition) is 1. The molecule has 0 bridgehead atoms. The first kappa shape index (κ1) is 18.5. The Balaban J connectivity index is 1.76. The number of amides is 2. The van der Waals surface area contributed by atoms with Crippen LogP contribution in [0.3, 0.4) is 0 Å². The highest BCUT2D eigenvalue weighted by molar-refractivity contribution is 6.30. The van der Waals surface area contributed by atoms with Gasteiger partial charge in [0, 0.05) is 42.8 Å². The highest BCUT2D eigenvalue weighted by Gasteiger charge is 2.30. The lowest BCUT2D eigenvalue weighted by Gasteiger charge is -2.32. The van der Waals surface area contributed by atoms with Gasteiger partial charge in [-0.25, -0.2) is 14.3 Å². The number of likely N-dealkylation sites (tertiary alicyclic amines) is 1. The Morgan fingerprint density at radius 1 is 1.38 bits per heavy atom. The number of aromatic nitrogens is 3. The standard InChI is InChI=1S/C18H24ClN5O2/c1-12(2)24-16(21-22(3)18(24)26)13-6-5-9-23(11-13)17(25)20-15-8-4-7-14(19)10-15/h4,7-8,10,12-13H,5-6,9,11H2,1-3H3,(H,20,25). The Hall–Kier alpha value is -2.28. The van der Waals surface area contributed by atoms with Gasteiger partial charge in [-0.1, -0.05) is 17.7 Å². The van der Waals surface area contributed by atoms with E-state index in [-0.39, 0.29) is 23.7 Å². The number of urea groups is 1. The van der Waals surface area contributed by atoms with E-state index in [1.54, 1.807) is 40.8 Å². The third kappa shape index (κ3) is 3.77. The van der Waals surface area contributed by atoms with Gasteiger partial charge in [-0.05, 0) is 44.9 Å². The Bertz CT molecular complexity index is 858. The molecule has 2 heterocycles. The second-order valence-corrected chi connectivity index (χ2v) is 7.39. The van der Waals surface area contributed by atoms with Crippen LogP contribution in [0, 0.1) is 0 Å². The summed E-state index contributed by atoms with van der Waals surface area (Å²) in [5.41, 5.74) is 0.553. The molecule has 0 radical (unpaired) electrons. The van der Waals surface area contributed by atoms with Crippen molar-refractivity contribution < 1.29 is 4.79 Å². The fourth-order valence-electron chi connectivity index (χ4n) is 3.40. The normalized spacial score (nSPS) is 17.6. The Morgan fingerprint density at radius 2 is 2.15 bits per heavy atom. The molecule has 1 N–H and O–H groups in total. The van der Waals surface area contributed by atoms with E-state index in [2.05, 4.69) is 10.4 Å². The summed E-state index contributed by atoms with van der Waals surface area (Å²) in [4.78, 5) is 26.7. The number of nitrogens with one attached hydrogen (secondary N) is 1. The molecule has 1 fully saturated rings. The number of anilines is 1. The van der Waals surface area contributed by atoms with Gasteiger partial charge in [0.05, 0.1) is 0 Å². The maximum absolute atomic E-state index is 12.6. The van der Waals surface area contributed by atoms with Gasteiger partial charge >= 0.3 is 11.7 Å². The van der Waals surface area contributed by atoms with E-state index in [1.807, 2.05) is 13.8 Å². The molecular formula is C18H24ClN5O2. The number of piperidine rings is 1. The number of nitrogens with zero attached hydrogens (tertiary/aromatic N) is 4. The zero-order valence-electron chi connectivity index (χ0n) is 15.3. The van der Waals surface area contributed by atoms with Crippen LogP contribution in [0.1, 0.15) is 44.5 Å². The van der Waals surface area contributed by atoms with E-state index in [0.29, 0.717) is 23.8 Å². The second kappa shape index (κ2) is 7.53. The molecule has 1 unspecified atom stereocenters. The van der Waals surface area contributed by atoms with Crippen molar-refractivity contribution in [3.05, 3.63) is 45.6 Å². The number of carbonyl (C=O) groups excluding carboxylic acids is 1. The first-order chi connectivity index (χ1) is 12.4. The van der Waals surface area contributed by atoms with Crippen molar-refractivity contribution in [2.24, 2.45) is 7.05 Å².